The van der Waals surface area contributed by atoms with Gasteiger partial charge in [-0.05, 0) is 25.8 Å². The number of carbonyl (C=O) groups excluding carboxylic acids is 2. The van der Waals surface area contributed by atoms with E-state index >= 15 is 0 Å². The fourth-order valence-electron chi connectivity index (χ4n) is 2.28. The van der Waals surface area contributed by atoms with Gasteiger partial charge in [0.2, 0.25) is 0 Å². The quantitative estimate of drug-likeness (QED) is 0.526. The van der Waals surface area contributed by atoms with Crippen LogP contribution in [0.1, 0.15) is 67.2 Å². The summed E-state index contributed by atoms with van der Waals surface area (Å²) in [6.45, 7) is 6.21. The number of hydrogen-bond acceptors (Lipinski definition) is 3. The van der Waals surface area contributed by atoms with Gasteiger partial charge in [0.25, 0.3) is 0 Å². The highest BCUT2D eigenvalue weighted by Crippen LogP contribution is 2.21. The predicted octanol–water partition coefficient (Wildman–Crippen LogP) is 4.26. The molecule has 0 bridgehead atoms. The molecule has 1 rings (SSSR count). The molecule has 1 aromatic carbocycles. The van der Waals surface area contributed by atoms with Crippen LogP contribution >= 0.6 is 0 Å². The van der Waals surface area contributed by atoms with Crippen LogP contribution in [0.25, 0.3) is 0 Å². The van der Waals surface area contributed by atoms with E-state index in [2.05, 4.69) is 6.92 Å². The number of ketones is 1. The summed E-state index contributed by atoms with van der Waals surface area (Å²) in [5.41, 5.74) is 0.878. The van der Waals surface area contributed by atoms with Gasteiger partial charge in [0.05, 0.1) is 12.2 Å². The molecule has 1 atom stereocenters. The number of carbonyl (C=O) groups is 2. The molecule has 0 N–H and O–H groups in total. The van der Waals surface area contributed by atoms with Crippen molar-refractivity contribution in [2.45, 2.75) is 46.5 Å². The molecule has 0 spiro atoms. The number of unbranched alkanes of at least 4 members (excludes halogenated alkanes) is 1. The third kappa shape index (κ3) is 4.19. The molecule has 3 nitrogen and oxygen atoms in total. The molecule has 0 amide bonds. The summed E-state index contributed by atoms with van der Waals surface area (Å²) >= 11 is 0. The van der Waals surface area contributed by atoms with Crippen LogP contribution in [0.5, 0.6) is 0 Å². The topological polar surface area (TPSA) is 43.4 Å². The summed E-state index contributed by atoms with van der Waals surface area (Å²) in [5, 5.41) is 0. The Morgan fingerprint density at radius 2 is 1.75 bits per heavy atom. The zero-order valence-electron chi connectivity index (χ0n) is 12.6. The Morgan fingerprint density at radius 3 is 2.30 bits per heavy atom. The number of benzene rings is 1. The first-order valence-electron chi connectivity index (χ1n) is 7.45. The van der Waals surface area contributed by atoms with Crippen molar-refractivity contribution in [2.75, 3.05) is 6.61 Å². The standard InChI is InChI=1S/C17H24O3/c1-4-7-10-13(5-2)16(18)14-11-8-9-12-15(14)17(19)20-6-3/h8-9,11-13H,4-7,10H2,1-3H3. The first-order chi connectivity index (χ1) is 9.65. The molecule has 0 aliphatic rings. The Morgan fingerprint density at radius 1 is 1.10 bits per heavy atom. The van der Waals surface area contributed by atoms with Crippen LogP contribution < -0.4 is 0 Å². The van der Waals surface area contributed by atoms with E-state index in [9.17, 15) is 9.59 Å². The Kier molecular flexibility index (Phi) is 6.99. The van der Waals surface area contributed by atoms with Crippen molar-refractivity contribution in [3.8, 4) is 0 Å². The van der Waals surface area contributed by atoms with E-state index in [4.69, 9.17) is 4.74 Å². The molecular weight excluding hydrogens is 252 g/mol. The van der Waals surface area contributed by atoms with Crippen molar-refractivity contribution >= 4 is 11.8 Å². The summed E-state index contributed by atoms with van der Waals surface area (Å²) in [6.07, 6.45) is 3.79. The molecule has 110 valence electrons. The summed E-state index contributed by atoms with van der Waals surface area (Å²) in [6, 6.07) is 6.94. The molecule has 1 aromatic rings. The van der Waals surface area contributed by atoms with E-state index in [0.29, 0.717) is 17.7 Å². The Labute approximate surface area is 121 Å². The Bertz CT molecular complexity index is 451. The summed E-state index contributed by atoms with van der Waals surface area (Å²) in [4.78, 5) is 24.5. The molecule has 0 radical (unpaired) electrons. The molecule has 0 aromatic heterocycles. The third-order valence-corrected chi connectivity index (χ3v) is 3.46. The van der Waals surface area contributed by atoms with Gasteiger partial charge in [0.1, 0.15) is 0 Å². The lowest BCUT2D eigenvalue weighted by atomic mass is 9.88. The zero-order valence-corrected chi connectivity index (χ0v) is 12.6. The molecule has 0 aliphatic carbocycles. The normalized spacial score (nSPS) is 11.9. The molecule has 3 heteroatoms. The smallest absolute Gasteiger partial charge is 0.338 e. The molecule has 0 aliphatic heterocycles. The summed E-state index contributed by atoms with van der Waals surface area (Å²) < 4.78 is 5.02. The Hall–Kier alpha value is -1.64. The van der Waals surface area contributed by atoms with Crippen LogP contribution in [0.4, 0.5) is 0 Å². The maximum atomic E-state index is 12.6. The molecule has 0 saturated carbocycles. The maximum absolute atomic E-state index is 12.6. The van der Waals surface area contributed by atoms with Crippen LogP contribution in [0.2, 0.25) is 0 Å². The third-order valence-electron chi connectivity index (χ3n) is 3.46. The average molecular weight is 276 g/mol. The lowest BCUT2D eigenvalue weighted by Crippen LogP contribution is -2.18. The van der Waals surface area contributed by atoms with Crippen molar-refractivity contribution in [1.29, 1.82) is 0 Å². The van der Waals surface area contributed by atoms with E-state index in [1.165, 1.54) is 0 Å². The van der Waals surface area contributed by atoms with Gasteiger partial charge >= 0.3 is 5.97 Å². The number of rotatable bonds is 8. The molecule has 0 saturated heterocycles. The van der Waals surface area contributed by atoms with E-state index in [1.807, 2.05) is 6.92 Å². The van der Waals surface area contributed by atoms with Crippen molar-refractivity contribution in [1.82, 2.24) is 0 Å². The minimum absolute atomic E-state index is 0.00877. The Balaban J connectivity index is 2.99. The predicted molar refractivity (Wildman–Crippen MR) is 80.0 cm³/mol. The van der Waals surface area contributed by atoms with Crippen LogP contribution in [-0.2, 0) is 4.74 Å². The van der Waals surface area contributed by atoms with E-state index < -0.39 is 5.97 Å². The van der Waals surface area contributed by atoms with Gasteiger partial charge in [-0.25, -0.2) is 4.79 Å². The average Bonchev–Trinajstić information content (AvgIpc) is 2.48. The molecule has 1 unspecified atom stereocenters. The van der Waals surface area contributed by atoms with Crippen molar-refractivity contribution in [2.24, 2.45) is 5.92 Å². The number of Topliss-reactive ketones (excluding diaryl/α,β-unsaturated/α-hetero) is 1. The molecule has 0 heterocycles. The minimum Gasteiger partial charge on any atom is -0.462 e. The van der Waals surface area contributed by atoms with Gasteiger partial charge in [0, 0.05) is 11.5 Å². The number of esters is 1. The highest BCUT2D eigenvalue weighted by molar-refractivity contribution is 6.07. The van der Waals surface area contributed by atoms with Gasteiger partial charge in [-0.1, -0.05) is 44.9 Å². The first-order valence-corrected chi connectivity index (χ1v) is 7.45. The fraction of sp³-hybridized carbons (Fsp3) is 0.529. The van der Waals surface area contributed by atoms with Gasteiger partial charge in [0.15, 0.2) is 5.78 Å². The number of ether oxygens (including phenoxy) is 1. The van der Waals surface area contributed by atoms with E-state index in [0.717, 1.165) is 25.7 Å². The van der Waals surface area contributed by atoms with Crippen LogP contribution in [-0.4, -0.2) is 18.4 Å². The van der Waals surface area contributed by atoms with Crippen molar-refractivity contribution in [3.05, 3.63) is 35.4 Å². The van der Waals surface area contributed by atoms with Crippen LogP contribution in [0.3, 0.4) is 0 Å². The van der Waals surface area contributed by atoms with Gasteiger partial charge < -0.3 is 4.74 Å². The highest BCUT2D eigenvalue weighted by Gasteiger charge is 2.23. The van der Waals surface area contributed by atoms with Crippen molar-refractivity contribution in [3.63, 3.8) is 0 Å². The van der Waals surface area contributed by atoms with E-state index in [-0.39, 0.29) is 11.7 Å². The first kappa shape index (κ1) is 16.4. The van der Waals surface area contributed by atoms with Gasteiger partial charge in [-0.2, -0.15) is 0 Å². The minimum atomic E-state index is -0.415. The summed E-state index contributed by atoms with van der Waals surface area (Å²) in [7, 11) is 0. The monoisotopic (exact) mass is 276 g/mol. The van der Waals surface area contributed by atoms with Gasteiger partial charge in [-0.3, -0.25) is 4.79 Å². The molecular formula is C17H24O3. The lowest BCUT2D eigenvalue weighted by molar-refractivity contribution is 0.0522. The zero-order chi connectivity index (χ0) is 15.0. The molecule has 0 fully saturated rings. The van der Waals surface area contributed by atoms with Crippen LogP contribution in [0, 0.1) is 5.92 Å². The van der Waals surface area contributed by atoms with Crippen molar-refractivity contribution < 1.29 is 14.3 Å². The second-order valence-electron chi connectivity index (χ2n) is 4.88. The lowest BCUT2D eigenvalue weighted by Gasteiger charge is -2.15. The van der Waals surface area contributed by atoms with Crippen LogP contribution in [0.15, 0.2) is 24.3 Å². The number of hydrogen-bond donors (Lipinski definition) is 0. The SMILES string of the molecule is CCCCC(CC)C(=O)c1ccccc1C(=O)OCC. The molecule has 20 heavy (non-hydrogen) atoms. The fourth-order valence-corrected chi connectivity index (χ4v) is 2.28. The largest absolute Gasteiger partial charge is 0.462 e. The highest BCUT2D eigenvalue weighted by atomic mass is 16.5. The summed E-state index contributed by atoms with van der Waals surface area (Å²) in [5.74, 6) is -0.364. The second-order valence-corrected chi connectivity index (χ2v) is 4.88. The van der Waals surface area contributed by atoms with E-state index in [1.54, 1.807) is 31.2 Å². The maximum Gasteiger partial charge on any atom is 0.338 e. The second kappa shape index (κ2) is 8.51. The van der Waals surface area contributed by atoms with Gasteiger partial charge in [-0.15, -0.1) is 0 Å².